The molecule has 0 fully saturated rings. The maximum absolute atomic E-state index is 9.45. The lowest BCUT2D eigenvalue weighted by Gasteiger charge is -2.14. The first-order valence-electron chi connectivity index (χ1n) is 4.76. The molecule has 0 saturated carbocycles. The molecule has 0 aromatic carbocycles. The molecule has 0 saturated heterocycles. The van der Waals surface area contributed by atoms with Crippen molar-refractivity contribution in [3.05, 3.63) is 0 Å². The summed E-state index contributed by atoms with van der Waals surface area (Å²) < 4.78 is 2.33. The molecule has 1 rings (SSSR count). The van der Waals surface area contributed by atoms with Gasteiger partial charge in [-0.25, -0.2) is 4.90 Å². The second-order valence-corrected chi connectivity index (χ2v) is 3.17. The topological polar surface area (TPSA) is 26.5 Å². The van der Waals surface area contributed by atoms with Crippen molar-refractivity contribution in [3.8, 4) is 0 Å². The summed E-state index contributed by atoms with van der Waals surface area (Å²) in [7, 11) is 0. The minimum atomic E-state index is -0.337. The van der Waals surface area contributed by atoms with Crippen molar-refractivity contribution < 1.29 is 9.68 Å². The van der Waals surface area contributed by atoms with E-state index in [4.69, 9.17) is 0 Å². The van der Waals surface area contributed by atoms with E-state index in [-0.39, 0.29) is 6.23 Å². The highest BCUT2D eigenvalue weighted by atomic mass is 16.3. The van der Waals surface area contributed by atoms with Crippen LogP contribution in [0.2, 0.25) is 0 Å². The molecule has 1 N–H and O–H groups in total. The van der Waals surface area contributed by atoms with E-state index >= 15 is 0 Å². The van der Waals surface area contributed by atoms with Crippen molar-refractivity contribution in [1.29, 1.82) is 0 Å². The van der Waals surface area contributed by atoms with Crippen LogP contribution in [0.25, 0.3) is 0 Å². The zero-order chi connectivity index (χ0) is 9.14. The van der Waals surface area contributed by atoms with Crippen LogP contribution < -0.4 is 0 Å². The number of aliphatic hydroxyl groups is 1. The van der Waals surface area contributed by atoms with E-state index in [1.54, 1.807) is 0 Å². The average molecular weight is 171 g/mol. The van der Waals surface area contributed by atoms with Gasteiger partial charge in [0.05, 0.1) is 6.54 Å². The third-order valence-corrected chi connectivity index (χ3v) is 2.46. The van der Waals surface area contributed by atoms with E-state index in [1.807, 2.05) is 6.92 Å². The van der Waals surface area contributed by atoms with Crippen molar-refractivity contribution >= 4 is 5.84 Å². The fraction of sp³-hybridized carbons (Fsp3) is 0.889. The second kappa shape index (κ2) is 3.90. The van der Waals surface area contributed by atoms with Crippen LogP contribution in [0.4, 0.5) is 0 Å². The van der Waals surface area contributed by atoms with Crippen LogP contribution in [-0.2, 0) is 0 Å². The molecular formula is C9H19N2O+. The molecule has 1 atom stereocenters. The molecule has 0 radical (unpaired) electrons. The molecule has 1 unspecified atom stereocenters. The van der Waals surface area contributed by atoms with E-state index < -0.39 is 0 Å². The number of aliphatic hydroxyl groups excluding tert-OH is 1. The predicted octanol–water partition coefficient (Wildman–Crippen LogP) is 0.481. The molecule has 0 aromatic heterocycles. The smallest absolute Gasteiger partial charge is 0.248 e. The van der Waals surface area contributed by atoms with Gasteiger partial charge < -0.3 is 5.11 Å². The molecule has 3 heteroatoms. The van der Waals surface area contributed by atoms with Gasteiger partial charge in [-0.05, 0) is 6.92 Å². The summed E-state index contributed by atoms with van der Waals surface area (Å²) >= 11 is 0. The van der Waals surface area contributed by atoms with Gasteiger partial charge in [0.25, 0.3) is 0 Å². The van der Waals surface area contributed by atoms with Gasteiger partial charge in [-0.3, -0.25) is 4.58 Å². The number of nitrogens with zero attached hydrogens (tertiary/aromatic N) is 2. The molecule has 70 valence electrons. The number of amidine groups is 1. The van der Waals surface area contributed by atoms with Gasteiger partial charge in [-0.1, -0.05) is 6.92 Å². The SMILES string of the molecule is CCC1=[N+](CC)CCN1C(C)O. The van der Waals surface area contributed by atoms with E-state index in [0.29, 0.717) is 0 Å². The Morgan fingerprint density at radius 3 is 2.67 bits per heavy atom. The van der Waals surface area contributed by atoms with Gasteiger partial charge in [-0.2, -0.15) is 0 Å². The molecule has 3 nitrogen and oxygen atoms in total. The van der Waals surface area contributed by atoms with Gasteiger partial charge in [-0.15, -0.1) is 0 Å². The third kappa shape index (κ3) is 1.61. The summed E-state index contributed by atoms with van der Waals surface area (Å²) in [6.45, 7) is 9.19. The fourth-order valence-corrected chi connectivity index (χ4v) is 1.84. The lowest BCUT2D eigenvalue weighted by atomic mass is 10.4. The predicted molar refractivity (Wildman–Crippen MR) is 49.4 cm³/mol. The second-order valence-electron chi connectivity index (χ2n) is 3.17. The Balaban J connectivity index is 2.76. The van der Waals surface area contributed by atoms with Crippen molar-refractivity contribution in [2.24, 2.45) is 0 Å². The first kappa shape index (κ1) is 9.52. The van der Waals surface area contributed by atoms with Gasteiger partial charge in [0.2, 0.25) is 5.84 Å². The first-order chi connectivity index (χ1) is 5.70. The molecule has 12 heavy (non-hydrogen) atoms. The molecule has 0 bridgehead atoms. The Morgan fingerprint density at radius 1 is 1.58 bits per heavy atom. The van der Waals surface area contributed by atoms with E-state index in [0.717, 1.165) is 26.1 Å². The van der Waals surface area contributed by atoms with Crippen molar-refractivity contribution in [3.63, 3.8) is 0 Å². The van der Waals surface area contributed by atoms with Crippen LogP contribution in [0.15, 0.2) is 0 Å². The molecule has 0 amide bonds. The molecular weight excluding hydrogens is 152 g/mol. The number of hydrogen-bond acceptors (Lipinski definition) is 2. The lowest BCUT2D eigenvalue weighted by Crippen LogP contribution is -2.36. The average Bonchev–Trinajstić information content (AvgIpc) is 2.46. The van der Waals surface area contributed by atoms with Crippen LogP contribution >= 0.6 is 0 Å². The third-order valence-electron chi connectivity index (χ3n) is 2.46. The standard InChI is InChI=1S/C9H19N2O/c1-4-9-10(5-2)6-7-11(9)8(3)12/h8,12H,4-7H2,1-3H3/q+1. The Kier molecular flexibility index (Phi) is 3.09. The fourth-order valence-electron chi connectivity index (χ4n) is 1.84. The zero-order valence-corrected chi connectivity index (χ0v) is 8.25. The van der Waals surface area contributed by atoms with Crippen molar-refractivity contribution in [2.45, 2.75) is 33.4 Å². The highest BCUT2D eigenvalue weighted by molar-refractivity contribution is 5.78. The summed E-state index contributed by atoms with van der Waals surface area (Å²) in [6.07, 6.45) is 0.676. The van der Waals surface area contributed by atoms with Gasteiger partial charge >= 0.3 is 0 Å². The largest absolute Gasteiger partial charge is 0.356 e. The minimum Gasteiger partial charge on any atom is -0.356 e. The summed E-state index contributed by atoms with van der Waals surface area (Å²) in [5, 5.41) is 9.45. The number of likely N-dealkylation sites (N-methyl/N-ethyl adjacent to an activating group) is 1. The Morgan fingerprint density at radius 2 is 2.25 bits per heavy atom. The lowest BCUT2D eigenvalue weighted by molar-refractivity contribution is -0.515. The van der Waals surface area contributed by atoms with Crippen LogP contribution in [0, 0.1) is 0 Å². The monoisotopic (exact) mass is 171 g/mol. The van der Waals surface area contributed by atoms with E-state index in [2.05, 4.69) is 23.3 Å². The molecule has 1 heterocycles. The van der Waals surface area contributed by atoms with Gasteiger partial charge in [0, 0.05) is 13.3 Å². The highest BCUT2D eigenvalue weighted by Crippen LogP contribution is 2.07. The Hall–Kier alpha value is -0.570. The number of rotatable bonds is 3. The van der Waals surface area contributed by atoms with Crippen LogP contribution in [0.3, 0.4) is 0 Å². The maximum Gasteiger partial charge on any atom is 0.248 e. The van der Waals surface area contributed by atoms with Gasteiger partial charge in [0.1, 0.15) is 13.1 Å². The molecule has 0 spiro atoms. The Labute approximate surface area is 74.3 Å². The quantitative estimate of drug-likeness (QED) is 0.625. The van der Waals surface area contributed by atoms with E-state index in [1.165, 1.54) is 5.84 Å². The summed E-state index contributed by atoms with van der Waals surface area (Å²) in [5.74, 6) is 1.28. The molecule has 0 aliphatic carbocycles. The summed E-state index contributed by atoms with van der Waals surface area (Å²) in [5.41, 5.74) is 0. The summed E-state index contributed by atoms with van der Waals surface area (Å²) in [4.78, 5) is 2.07. The van der Waals surface area contributed by atoms with Crippen LogP contribution in [-0.4, -0.2) is 46.3 Å². The maximum atomic E-state index is 9.45. The number of hydrogen-bond donors (Lipinski definition) is 1. The van der Waals surface area contributed by atoms with E-state index in [9.17, 15) is 5.11 Å². The molecule has 1 aliphatic heterocycles. The Bertz CT molecular complexity index is 187. The molecule has 1 aliphatic rings. The van der Waals surface area contributed by atoms with Crippen LogP contribution in [0.1, 0.15) is 27.2 Å². The normalized spacial score (nSPS) is 20.5. The van der Waals surface area contributed by atoms with Crippen molar-refractivity contribution in [2.75, 3.05) is 19.6 Å². The highest BCUT2D eigenvalue weighted by Gasteiger charge is 2.30. The minimum absolute atomic E-state index is 0.337. The van der Waals surface area contributed by atoms with Crippen LogP contribution in [0.5, 0.6) is 0 Å². The zero-order valence-electron chi connectivity index (χ0n) is 8.25. The molecule has 0 aromatic rings. The first-order valence-corrected chi connectivity index (χ1v) is 4.76. The summed E-state index contributed by atoms with van der Waals surface area (Å²) in [6, 6.07) is 0. The van der Waals surface area contributed by atoms with Gasteiger partial charge in [0.15, 0.2) is 6.23 Å². The van der Waals surface area contributed by atoms with Crippen molar-refractivity contribution in [1.82, 2.24) is 4.90 Å².